The van der Waals surface area contributed by atoms with Crippen molar-refractivity contribution in [2.24, 2.45) is 5.73 Å². The molecule has 1 aromatic carbocycles. The second-order valence-electron chi connectivity index (χ2n) is 4.52. The Labute approximate surface area is 122 Å². The van der Waals surface area contributed by atoms with Gasteiger partial charge in [-0.25, -0.2) is 0 Å². The minimum Gasteiger partial charge on any atom is -0.396 e. The van der Waals surface area contributed by atoms with Gasteiger partial charge in [0.25, 0.3) is 0 Å². The van der Waals surface area contributed by atoms with E-state index >= 15 is 0 Å². The summed E-state index contributed by atoms with van der Waals surface area (Å²) in [6.07, 6.45) is 0.651. The molecule has 0 saturated carbocycles. The van der Waals surface area contributed by atoms with Crippen LogP contribution in [0.5, 0.6) is 0 Å². The fraction of sp³-hybridized carbons (Fsp3) is 0.267. The summed E-state index contributed by atoms with van der Waals surface area (Å²) in [7, 11) is 0. The first kappa shape index (κ1) is 14.7. The Morgan fingerprint density at radius 1 is 1.35 bits per heavy atom. The normalized spacial score (nSPS) is 12.2. The molecular formula is C15H18N2O2S. The van der Waals surface area contributed by atoms with Crippen molar-refractivity contribution >= 4 is 17.2 Å². The molecule has 2 rings (SSSR count). The van der Waals surface area contributed by atoms with Crippen LogP contribution in [-0.2, 0) is 6.54 Å². The molecule has 0 bridgehead atoms. The first-order valence-electron chi connectivity index (χ1n) is 6.47. The van der Waals surface area contributed by atoms with Gasteiger partial charge in [-0.2, -0.15) is 0 Å². The van der Waals surface area contributed by atoms with Gasteiger partial charge in [0.15, 0.2) is 0 Å². The van der Waals surface area contributed by atoms with E-state index in [-0.39, 0.29) is 12.6 Å². The van der Waals surface area contributed by atoms with Gasteiger partial charge in [-0.05, 0) is 18.1 Å². The molecule has 1 atom stereocenters. The molecule has 1 aromatic heterocycles. The quantitative estimate of drug-likeness (QED) is 0.730. The summed E-state index contributed by atoms with van der Waals surface area (Å²) < 4.78 is 0. The average molecular weight is 290 g/mol. The average Bonchev–Trinajstić information content (AvgIpc) is 2.93. The van der Waals surface area contributed by atoms with Gasteiger partial charge in [0.2, 0.25) is 5.91 Å². The third kappa shape index (κ3) is 3.90. The van der Waals surface area contributed by atoms with Crippen molar-refractivity contribution in [2.75, 3.05) is 6.61 Å². The van der Waals surface area contributed by atoms with E-state index in [0.717, 1.165) is 10.4 Å². The largest absolute Gasteiger partial charge is 0.396 e. The number of carbonyl (C=O) groups excluding carboxylic acids is 1. The third-order valence-electron chi connectivity index (χ3n) is 3.08. The minimum absolute atomic E-state index is 0.0975. The van der Waals surface area contributed by atoms with Crippen LogP contribution >= 0.6 is 11.3 Å². The van der Waals surface area contributed by atoms with Crippen molar-refractivity contribution in [3.05, 3.63) is 57.8 Å². The summed E-state index contributed by atoms with van der Waals surface area (Å²) in [5.41, 5.74) is 6.93. The van der Waals surface area contributed by atoms with Crippen molar-refractivity contribution in [3.63, 3.8) is 0 Å². The molecule has 5 heteroatoms. The number of hydrogen-bond acceptors (Lipinski definition) is 4. The number of primary amides is 1. The Morgan fingerprint density at radius 3 is 2.70 bits per heavy atom. The number of hydrogen-bond donors (Lipinski definition) is 3. The Kier molecular flexibility index (Phi) is 5.29. The fourth-order valence-corrected chi connectivity index (χ4v) is 2.85. The molecule has 4 nitrogen and oxygen atoms in total. The highest BCUT2D eigenvalue weighted by Crippen LogP contribution is 2.19. The maximum absolute atomic E-state index is 11.1. The Morgan fingerprint density at radius 2 is 2.10 bits per heavy atom. The van der Waals surface area contributed by atoms with E-state index < -0.39 is 5.91 Å². The standard InChI is InChI=1S/C15H18N2O2S/c16-15(19)12-8-13(20-10-12)9-17-14(6-7-18)11-4-2-1-3-5-11/h1-5,8,10,14,17-18H,6-7,9H2,(H2,16,19)/t14-/m1/s1. The SMILES string of the molecule is NC(=O)c1csc(CN[C@H](CCO)c2ccccc2)c1. The zero-order chi connectivity index (χ0) is 14.4. The molecule has 0 saturated heterocycles. The van der Waals surface area contributed by atoms with E-state index in [0.29, 0.717) is 18.5 Å². The highest BCUT2D eigenvalue weighted by atomic mass is 32.1. The molecular weight excluding hydrogens is 272 g/mol. The number of benzene rings is 1. The number of amides is 1. The van der Waals surface area contributed by atoms with Crippen LogP contribution in [0.3, 0.4) is 0 Å². The second-order valence-corrected chi connectivity index (χ2v) is 5.52. The fourth-order valence-electron chi connectivity index (χ4n) is 2.03. The Bertz CT molecular complexity index is 554. The Hall–Kier alpha value is -1.69. The zero-order valence-corrected chi connectivity index (χ0v) is 11.9. The molecule has 0 radical (unpaired) electrons. The first-order valence-corrected chi connectivity index (χ1v) is 7.35. The molecule has 2 aromatic rings. The minimum atomic E-state index is -0.400. The maximum Gasteiger partial charge on any atom is 0.249 e. The number of aliphatic hydroxyl groups excluding tert-OH is 1. The van der Waals surface area contributed by atoms with E-state index in [2.05, 4.69) is 5.32 Å². The van der Waals surface area contributed by atoms with Gasteiger partial charge < -0.3 is 16.2 Å². The first-order chi connectivity index (χ1) is 9.70. The molecule has 106 valence electrons. The van der Waals surface area contributed by atoms with Crippen molar-refractivity contribution in [2.45, 2.75) is 19.0 Å². The van der Waals surface area contributed by atoms with Crippen molar-refractivity contribution in [1.29, 1.82) is 0 Å². The molecule has 4 N–H and O–H groups in total. The number of nitrogens with one attached hydrogen (secondary N) is 1. The predicted molar refractivity (Wildman–Crippen MR) is 80.6 cm³/mol. The van der Waals surface area contributed by atoms with Gasteiger partial charge in [0, 0.05) is 29.5 Å². The predicted octanol–water partition coefficient (Wildman–Crippen LogP) is 2.06. The smallest absolute Gasteiger partial charge is 0.249 e. The van der Waals surface area contributed by atoms with E-state index in [9.17, 15) is 9.90 Å². The second kappa shape index (κ2) is 7.19. The summed E-state index contributed by atoms with van der Waals surface area (Å²) in [4.78, 5) is 12.1. The summed E-state index contributed by atoms with van der Waals surface area (Å²) in [5.74, 6) is -0.400. The third-order valence-corrected chi connectivity index (χ3v) is 4.02. The molecule has 1 amide bonds. The molecule has 0 aliphatic rings. The van der Waals surface area contributed by atoms with Crippen LogP contribution in [0.1, 0.15) is 33.3 Å². The molecule has 1 heterocycles. The van der Waals surface area contributed by atoms with Gasteiger partial charge in [0.05, 0.1) is 5.56 Å². The van der Waals surface area contributed by atoms with E-state index in [4.69, 9.17) is 5.73 Å². The monoisotopic (exact) mass is 290 g/mol. The summed E-state index contributed by atoms with van der Waals surface area (Å²) in [5, 5.41) is 14.3. The summed E-state index contributed by atoms with van der Waals surface area (Å²) in [6, 6.07) is 11.9. The summed E-state index contributed by atoms with van der Waals surface area (Å²) in [6.45, 7) is 0.779. The van der Waals surface area contributed by atoms with Crippen molar-refractivity contribution in [1.82, 2.24) is 5.32 Å². The number of rotatable bonds is 7. The lowest BCUT2D eigenvalue weighted by atomic mass is 10.0. The Balaban J connectivity index is 2.00. The van der Waals surface area contributed by atoms with Gasteiger partial charge in [-0.15, -0.1) is 11.3 Å². The lowest BCUT2D eigenvalue weighted by Crippen LogP contribution is -2.21. The van der Waals surface area contributed by atoms with Gasteiger partial charge >= 0.3 is 0 Å². The number of aliphatic hydroxyl groups is 1. The van der Waals surface area contributed by atoms with E-state index in [1.54, 1.807) is 11.4 Å². The van der Waals surface area contributed by atoms with Crippen LogP contribution in [0.2, 0.25) is 0 Å². The van der Waals surface area contributed by atoms with Crippen LogP contribution in [0, 0.1) is 0 Å². The van der Waals surface area contributed by atoms with Gasteiger partial charge in [-0.1, -0.05) is 30.3 Å². The number of thiophene rings is 1. The van der Waals surface area contributed by atoms with Crippen LogP contribution < -0.4 is 11.1 Å². The lowest BCUT2D eigenvalue weighted by Gasteiger charge is -2.17. The molecule has 20 heavy (non-hydrogen) atoms. The van der Waals surface area contributed by atoms with Gasteiger partial charge in [0.1, 0.15) is 0 Å². The molecule has 0 spiro atoms. The van der Waals surface area contributed by atoms with Gasteiger partial charge in [-0.3, -0.25) is 4.79 Å². The van der Waals surface area contributed by atoms with E-state index in [1.165, 1.54) is 11.3 Å². The van der Waals surface area contributed by atoms with Crippen LogP contribution in [0.15, 0.2) is 41.8 Å². The molecule has 0 aliphatic heterocycles. The molecule has 0 aliphatic carbocycles. The van der Waals surface area contributed by atoms with E-state index in [1.807, 2.05) is 30.3 Å². The topological polar surface area (TPSA) is 75.4 Å². The highest BCUT2D eigenvalue weighted by Gasteiger charge is 2.11. The molecule has 0 fully saturated rings. The van der Waals surface area contributed by atoms with Crippen molar-refractivity contribution in [3.8, 4) is 0 Å². The van der Waals surface area contributed by atoms with Crippen LogP contribution in [0.4, 0.5) is 0 Å². The maximum atomic E-state index is 11.1. The zero-order valence-electron chi connectivity index (χ0n) is 11.1. The molecule has 0 unspecified atom stereocenters. The summed E-state index contributed by atoms with van der Waals surface area (Å²) >= 11 is 1.51. The van der Waals surface area contributed by atoms with Crippen LogP contribution in [0.25, 0.3) is 0 Å². The number of nitrogens with two attached hydrogens (primary N) is 1. The van der Waals surface area contributed by atoms with Crippen molar-refractivity contribution < 1.29 is 9.90 Å². The van der Waals surface area contributed by atoms with Crippen LogP contribution in [-0.4, -0.2) is 17.6 Å². The number of carbonyl (C=O) groups is 1. The lowest BCUT2D eigenvalue weighted by molar-refractivity contribution is 0.100. The highest BCUT2D eigenvalue weighted by molar-refractivity contribution is 7.10.